The summed E-state index contributed by atoms with van der Waals surface area (Å²) in [6, 6.07) is 9.96. The lowest BCUT2D eigenvalue weighted by atomic mass is 10.0. The Labute approximate surface area is 213 Å². The lowest BCUT2D eigenvalue weighted by Crippen LogP contribution is -2.40. The van der Waals surface area contributed by atoms with Gasteiger partial charge in [-0.05, 0) is 12.0 Å². The maximum Gasteiger partial charge on any atom is 0.303 e. The van der Waals surface area contributed by atoms with Crippen LogP contribution in [0.1, 0.15) is 51.9 Å². The van der Waals surface area contributed by atoms with Gasteiger partial charge in [0.05, 0.1) is 12.4 Å². The van der Waals surface area contributed by atoms with Gasteiger partial charge in [0.2, 0.25) is 0 Å². The van der Waals surface area contributed by atoms with E-state index in [0.29, 0.717) is 17.0 Å². The van der Waals surface area contributed by atoms with Gasteiger partial charge in [-0.25, -0.2) is 15.0 Å². The van der Waals surface area contributed by atoms with E-state index in [1.807, 2.05) is 30.3 Å². The second kappa shape index (κ2) is 11.3. The van der Waals surface area contributed by atoms with Gasteiger partial charge in [-0.3, -0.25) is 19.0 Å². The molecule has 1 aromatic carbocycles. The van der Waals surface area contributed by atoms with Gasteiger partial charge in [-0.2, -0.15) is 0 Å². The van der Waals surface area contributed by atoms with E-state index in [1.165, 1.54) is 33.4 Å². The van der Waals surface area contributed by atoms with Crippen molar-refractivity contribution in [2.24, 2.45) is 0 Å². The Balaban J connectivity index is 1.69. The number of imidazole rings is 1. The van der Waals surface area contributed by atoms with Crippen molar-refractivity contribution in [3.8, 4) is 0 Å². The molecule has 1 unspecified atom stereocenters. The van der Waals surface area contributed by atoms with Gasteiger partial charge >= 0.3 is 17.9 Å². The van der Waals surface area contributed by atoms with E-state index in [4.69, 9.17) is 18.9 Å². The summed E-state index contributed by atoms with van der Waals surface area (Å²) in [4.78, 5) is 48.5. The molecule has 4 rings (SSSR count). The fraction of sp³-hybridized carbons (Fsp3) is 0.440. The highest BCUT2D eigenvalue weighted by Gasteiger charge is 2.51. The summed E-state index contributed by atoms with van der Waals surface area (Å²) in [5.41, 5.74) is 1.99. The average molecular weight is 512 g/mol. The first-order chi connectivity index (χ1) is 17.8. The topological polar surface area (TPSA) is 144 Å². The molecule has 0 amide bonds. The number of carbonyl (C=O) groups excluding carboxylic acids is 3. The molecule has 37 heavy (non-hydrogen) atoms. The van der Waals surface area contributed by atoms with Crippen molar-refractivity contribution in [1.82, 2.24) is 19.5 Å². The van der Waals surface area contributed by atoms with Crippen LogP contribution in [0.25, 0.3) is 11.2 Å². The molecule has 1 saturated heterocycles. The summed E-state index contributed by atoms with van der Waals surface area (Å²) in [7, 11) is 0. The molecule has 1 aliphatic heterocycles. The number of carbonyl (C=O) groups is 3. The zero-order valence-electron chi connectivity index (χ0n) is 21.0. The van der Waals surface area contributed by atoms with Gasteiger partial charge in [0.25, 0.3) is 0 Å². The number of esters is 3. The Bertz CT molecular complexity index is 1260. The first-order valence-electron chi connectivity index (χ1n) is 11.9. The van der Waals surface area contributed by atoms with E-state index in [9.17, 15) is 14.4 Å². The summed E-state index contributed by atoms with van der Waals surface area (Å²) >= 11 is 0. The van der Waals surface area contributed by atoms with Crippen LogP contribution in [0.4, 0.5) is 5.82 Å². The Morgan fingerprint density at radius 3 is 2.35 bits per heavy atom. The van der Waals surface area contributed by atoms with Crippen molar-refractivity contribution < 1.29 is 33.3 Å². The number of nitrogens with zero attached hydrogens (tertiary/aromatic N) is 4. The summed E-state index contributed by atoms with van der Waals surface area (Å²) < 4.78 is 23.8. The molecular weight excluding hydrogens is 482 g/mol. The highest BCUT2D eigenvalue weighted by atomic mass is 16.7. The molecule has 0 radical (unpaired) electrons. The summed E-state index contributed by atoms with van der Waals surface area (Å²) in [5.74, 6) is -1.21. The van der Waals surface area contributed by atoms with Gasteiger partial charge in [-0.1, -0.05) is 37.3 Å². The molecule has 12 heteroatoms. The first-order valence-corrected chi connectivity index (χ1v) is 11.9. The van der Waals surface area contributed by atoms with Crippen LogP contribution in [0.15, 0.2) is 43.0 Å². The second-order valence-corrected chi connectivity index (χ2v) is 8.58. The Morgan fingerprint density at radius 2 is 1.70 bits per heavy atom. The maximum atomic E-state index is 12.0. The number of nitrogens with one attached hydrogen (secondary N) is 1. The van der Waals surface area contributed by atoms with Crippen molar-refractivity contribution in [2.75, 3.05) is 11.9 Å². The molecule has 5 atom stereocenters. The number of aromatic nitrogens is 4. The smallest absolute Gasteiger partial charge is 0.303 e. The number of ether oxygens (including phenoxy) is 4. The lowest BCUT2D eigenvalue weighted by molar-refractivity contribution is -0.166. The van der Waals surface area contributed by atoms with E-state index in [-0.39, 0.29) is 12.6 Å². The molecule has 3 heterocycles. The molecule has 3 aromatic rings. The van der Waals surface area contributed by atoms with Crippen molar-refractivity contribution >= 4 is 34.9 Å². The Morgan fingerprint density at radius 1 is 1.00 bits per heavy atom. The van der Waals surface area contributed by atoms with Crippen LogP contribution in [-0.4, -0.2) is 62.3 Å². The van der Waals surface area contributed by atoms with Crippen LogP contribution >= 0.6 is 0 Å². The molecule has 0 spiro atoms. The fourth-order valence-corrected chi connectivity index (χ4v) is 4.33. The summed E-state index contributed by atoms with van der Waals surface area (Å²) in [6.07, 6.45) is -0.217. The minimum atomic E-state index is -1.04. The summed E-state index contributed by atoms with van der Waals surface area (Å²) in [5, 5.41) is 3.43. The van der Waals surface area contributed by atoms with Crippen LogP contribution < -0.4 is 5.32 Å². The van der Waals surface area contributed by atoms with Crippen molar-refractivity contribution in [3.05, 3.63) is 48.5 Å². The highest BCUT2D eigenvalue weighted by Crippen LogP contribution is 2.36. The van der Waals surface area contributed by atoms with Crippen molar-refractivity contribution in [2.45, 2.75) is 64.7 Å². The number of hydrogen-bond acceptors (Lipinski definition) is 11. The molecule has 1 N–H and O–H groups in total. The van der Waals surface area contributed by atoms with Crippen LogP contribution in [0.5, 0.6) is 0 Å². The van der Waals surface area contributed by atoms with Crippen molar-refractivity contribution in [3.63, 3.8) is 0 Å². The third-order valence-corrected chi connectivity index (χ3v) is 5.89. The number of hydrogen-bond donors (Lipinski definition) is 1. The van der Waals surface area contributed by atoms with Gasteiger partial charge in [0.1, 0.15) is 19.0 Å². The van der Waals surface area contributed by atoms with E-state index in [0.717, 1.165) is 12.0 Å². The van der Waals surface area contributed by atoms with Gasteiger partial charge in [0, 0.05) is 20.8 Å². The monoisotopic (exact) mass is 511 g/mol. The number of benzene rings is 1. The minimum Gasteiger partial charge on any atom is -0.463 e. The second-order valence-electron chi connectivity index (χ2n) is 8.58. The van der Waals surface area contributed by atoms with E-state index >= 15 is 0 Å². The van der Waals surface area contributed by atoms with Gasteiger partial charge < -0.3 is 24.3 Å². The molecule has 2 aromatic heterocycles. The number of anilines is 1. The molecule has 0 aliphatic carbocycles. The van der Waals surface area contributed by atoms with Crippen LogP contribution in [-0.2, 0) is 33.3 Å². The minimum absolute atomic E-state index is 0.0116. The maximum absolute atomic E-state index is 12.0. The predicted molar refractivity (Wildman–Crippen MR) is 130 cm³/mol. The van der Waals surface area contributed by atoms with E-state index < -0.39 is 42.4 Å². The number of fused-ring (bicyclic) bond motifs is 1. The number of rotatable bonds is 9. The van der Waals surface area contributed by atoms with E-state index in [2.05, 4.69) is 27.2 Å². The molecule has 0 saturated carbocycles. The first kappa shape index (κ1) is 26.0. The fourth-order valence-electron chi connectivity index (χ4n) is 4.33. The molecule has 12 nitrogen and oxygen atoms in total. The average Bonchev–Trinajstić information content (AvgIpc) is 3.43. The highest BCUT2D eigenvalue weighted by molar-refractivity contribution is 5.83. The summed E-state index contributed by atoms with van der Waals surface area (Å²) in [6.45, 7) is 5.59. The predicted octanol–water partition coefficient (Wildman–Crippen LogP) is 2.71. The lowest BCUT2D eigenvalue weighted by Gasteiger charge is -2.23. The standard InChI is InChI=1S/C25H29N5O7/c1-5-18(17-9-7-6-8-10-17)29-23-20-24(27-12-26-23)30(13-28-20)25-22(36-16(4)33)21(35-15(3)32)19(37-25)11-34-14(2)31/h6-10,12-13,18-19,21-22,25H,5,11H2,1-4H3,(H,26,27,29)/t18-,19-,21+,22?,25-/m1/s1. The molecule has 196 valence electrons. The zero-order chi connectivity index (χ0) is 26.5. The van der Waals surface area contributed by atoms with Crippen LogP contribution in [0.2, 0.25) is 0 Å². The van der Waals surface area contributed by atoms with Gasteiger partial charge in [0.15, 0.2) is 35.4 Å². The molecule has 0 bridgehead atoms. The van der Waals surface area contributed by atoms with Crippen LogP contribution in [0, 0.1) is 0 Å². The Kier molecular flexibility index (Phi) is 7.97. The van der Waals surface area contributed by atoms with Crippen molar-refractivity contribution in [1.29, 1.82) is 0 Å². The third kappa shape index (κ3) is 5.85. The molecular formula is C25H29N5O7. The normalized spacial score (nSPS) is 21.8. The van der Waals surface area contributed by atoms with Gasteiger partial charge in [-0.15, -0.1) is 0 Å². The molecule has 1 fully saturated rings. The third-order valence-electron chi connectivity index (χ3n) is 5.89. The zero-order valence-corrected chi connectivity index (χ0v) is 21.0. The largest absolute Gasteiger partial charge is 0.463 e. The SMILES string of the molecule is CC[C@@H](Nc1ncnc2c1ncn2[C@@H]1O[C@H](COC(C)=O)[C@H](OC(C)=O)C1OC(C)=O)c1ccccc1. The Hall–Kier alpha value is -4.06. The quantitative estimate of drug-likeness (QED) is 0.334. The van der Waals surface area contributed by atoms with E-state index in [1.54, 1.807) is 4.57 Å². The molecule has 1 aliphatic rings. The van der Waals surface area contributed by atoms with Crippen LogP contribution in [0.3, 0.4) is 0 Å².